The molecule has 0 aliphatic carbocycles. The number of hydrogen-bond acceptors (Lipinski definition) is 4. The quantitative estimate of drug-likeness (QED) is 0.438. The molecule has 0 spiro atoms. The summed E-state index contributed by atoms with van der Waals surface area (Å²) in [6.45, 7) is 1.90. The smallest absolute Gasteiger partial charge is 0.191 e. The fraction of sp³-hybridized carbons (Fsp3) is 0.222. The largest absolute Gasteiger partial charge is 0.481 e. The van der Waals surface area contributed by atoms with E-state index in [0.29, 0.717) is 27.4 Å². The van der Waals surface area contributed by atoms with Crippen LogP contribution in [-0.2, 0) is 12.8 Å². The number of benzene rings is 2. The summed E-state index contributed by atoms with van der Waals surface area (Å²) in [5.41, 5.74) is 1.06. The summed E-state index contributed by atoms with van der Waals surface area (Å²) in [5, 5.41) is 11.1. The number of thioether (sulfide) groups is 1. The Balaban J connectivity index is 1.70. The lowest BCUT2D eigenvalue weighted by Crippen LogP contribution is -2.10. The molecule has 0 amide bonds. The van der Waals surface area contributed by atoms with Crippen LogP contribution in [0.5, 0.6) is 5.75 Å². The third-order valence-electron chi connectivity index (χ3n) is 3.74. The maximum atomic E-state index is 6.20. The normalized spacial score (nSPS) is 12.2. The Morgan fingerprint density at radius 2 is 1.85 bits per heavy atom. The third kappa shape index (κ3) is 4.46. The molecule has 0 saturated carbocycles. The molecular weight excluding hydrogens is 413 g/mol. The van der Waals surface area contributed by atoms with Crippen LogP contribution < -0.4 is 4.74 Å². The summed E-state index contributed by atoms with van der Waals surface area (Å²) in [7, 11) is 1.91. The van der Waals surface area contributed by atoms with Crippen molar-refractivity contribution in [2.45, 2.75) is 23.9 Å². The van der Waals surface area contributed by atoms with E-state index in [1.165, 1.54) is 0 Å². The van der Waals surface area contributed by atoms with E-state index in [1.54, 1.807) is 30.0 Å². The number of nitrogens with zero attached hydrogens (tertiary/aromatic N) is 3. The van der Waals surface area contributed by atoms with Crippen molar-refractivity contribution in [3.63, 3.8) is 0 Å². The van der Waals surface area contributed by atoms with Gasteiger partial charge in [0.15, 0.2) is 17.1 Å². The van der Waals surface area contributed by atoms with Crippen molar-refractivity contribution in [1.29, 1.82) is 0 Å². The van der Waals surface area contributed by atoms with E-state index in [1.807, 2.05) is 42.8 Å². The molecule has 0 radical (unpaired) electrons. The molecular formula is C18H16Cl3N3OS. The molecule has 0 fully saturated rings. The monoisotopic (exact) mass is 427 g/mol. The van der Waals surface area contributed by atoms with Crippen LogP contribution in [0.15, 0.2) is 47.6 Å². The van der Waals surface area contributed by atoms with E-state index < -0.39 is 0 Å². The molecule has 0 aliphatic rings. The summed E-state index contributed by atoms with van der Waals surface area (Å²) >= 11 is 19.9. The van der Waals surface area contributed by atoms with Gasteiger partial charge in [0, 0.05) is 22.8 Å². The van der Waals surface area contributed by atoms with Gasteiger partial charge in [-0.15, -0.1) is 10.2 Å². The van der Waals surface area contributed by atoms with Gasteiger partial charge in [0.05, 0.1) is 5.02 Å². The highest BCUT2D eigenvalue weighted by atomic mass is 35.5. The van der Waals surface area contributed by atoms with E-state index in [4.69, 9.17) is 39.5 Å². The van der Waals surface area contributed by atoms with E-state index in [9.17, 15) is 0 Å². The average molecular weight is 429 g/mol. The maximum Gasteiger partial charge on any atom is 0.191 e. The van der Waals surface area contributed by atoms with Gasteiger partial charge in [-0.05, 0) is 36.8 Å². The first-order chi connectivity index (χ1) is 12.5. The lowest BCUT2D eigenvalue weighted by molar-refractivity contribution is 0.211. The lowest BCUT2D eigenvalue weighted by Gasteiger charge is -2.15. The van der Waals surface area contributed by atoms with Gasteiger partial charge in [0.1, 0.15) is 5.75 Å². The van der Waals surface area contributed by atoms with Crippen molar-refractivity contribution >= 4 is 46.6 Å². The first kappa shape index (κ1) is 19.4. The van der Waals surface area contributed by atoms with Gasteiger partial charge >= 0.3 is 0 Å². The van der Waals surface area contributed by atoms with Gasteiger partial charge in [-0.25, -0.2) is 0 Å². The van der Waals surface area contributed by atoms with Gasteiger partial charge in [-0.1, -0.05) is 64.8 Å². The number of hydrogen-bond donors (Lipinski definition) is 0. The predicted octanol–water partition coefficient (Wildman–Crippen LogP) is 6.21. The standard InChI is InChI=1S/C18H16Cl3N3OS/c1-11(25-16-8-7-13(19)9-15(16)21)17-22-23-18(24(17)2)26-10-12-5-3-4-6-14(12)20/h3-9,11H,10H2,1-2H3. The zero-order valence-corrected chi connectivity index (χ0v) is 17.2. The molecule has 26 heavy (non-hydrogen) atoms. The van der Waals surface area contributed by atoms with Crippen molar-refractivity contribution in [3.05, 3.63) is 68.9 Å². The van der Waals surface area contributed by atoms with E-state index >= 15 is 0 Å². The third-order valence-corrected chi connectivity index (χ3v) is 5.71. The number of rotatable bonds is 6. The highest BCUT2D eigenvalue weighted by Crippen LogP contribution is 2.32. The Bertz CT molecular complexity index is 916. The van der Waals surface area contributed by atoms with Gasteiger partial charge in [-0.3, -0.25) is 0 Å². The Labute approximate surface area is 171 Å². The predicted molar refractivity (Wildman–Crippen MR) is 108 cm³/mol. The van der Waals surface area contributed by atoms with Crippen LogP contribution in [0.4, 0.5) is 0 Å². The fourth-order valence-corrected chi connectivity index (χ4v) is 4.03. The fourth-order valence-electron chi connectivity index (χ4n) is 2.38. The average Bonchev–Trinajstić information content (AvgIpc) is 2.97. The van der Waals surface area contributed by atoms with E-state index in [-0.39, 0.29) is 6.10 Å². The highest BCUT2D eigenvalue weighted by molar-refractivity contribution is 7.98. The molecule has 3 rings (SSSR count). The van der Waals surface area contributed by atoms with Gasteiger partial charge in [0.25, 0.3) is 0 Å². The Morgan fingerprint density at radius 1 is 1.08 bits per heavy atom. The number of ether oxygens (including phenoxy) is 1. The molecule has 0 bridgehead atoms. The van der Waals surface area contributed by atoms with Gasteiger partial charge in [-0.2, -0.15) is 0 Å². The number of aromatic nitrogens is 3. The summed E-state index contributed by atoms with van der Waals surface area (Å²) in [6.07, 6.45) is -0.319. The molecule has 1 atom stereocenters. The Hall–Kier alpha value is -1.40. The molecule has 136 valence electrons. The second-order valence-corrected chi connectivity index (χ2v) is 7.81. The number of halogens is 3. The van der Waals surface area contributed by atoms with Crippen molar-refractivity contribution in [2.24, 2.45) is 7.05 Å². The second kappa shape index (κ2) is 8.53. The first-order valence-corrected chi connectivity index (χ1v) is 9.95. The van der Waals surface area contributed by atoms with Crippen LogP contribution in [0.2, 0.25) is 15.1 Å². The van der Waals surface area contributed by atoms with Gasteiger partial charge < -0.3 is 9.30 Å². The van der Waals surface area contributed by atoms with Crippen molar-refractivity contribution in [1.82, 2.24) is 14.8 Å². The molecule has 4 nitrogen and oxygen atoms in total. The van der Waals surface area contributed by atoms with Gasteiger partial charge in [0.2, 0.25) is 0 Å². The van der Waals surface area contributed by atoms with Crippen LogP contribution in [0.1, 0.15) is 24.4 Å². The minimum Gasteiger partial charge on any atom is -0.481 e. The summed E-state index contributed by atoms with van der Waals surface area (Å²) < 4.78 is 7.83. The summed E-state index contributed by atoms with van der Waals surface area (Å²) in [4.78, 5) is 0. The van der Waals surface area contributed by atoms with Crippen LogP contribution >= 0.6 is 46.6 Å². The molecule has 1 heterocycles. The van der Waals surface area contributed by atoms with Crippen molar-refractivity contribution in [3.8, 4) is 5.75 Å². The van der Waals surface area contributed by atoms with E-state index in [2.05, 4.69) is 10.2 Å². The molecule has 0 saturated heterocycles. The summed E-state index contributed by atoms with van der Waals surface area (Å²) in [5.74, 6) is 1.97. The maximum absolute atomic E-state index is 6.20. The molecule has 0 aliphatic heterocycles. The van der Waals surface area contributed by atoms with Crippen LogP contribution in [0, 0.1) is 0 Å². The van der Waals surface area contributed by atoms with Crippen LogP contribution in [0.25, 0.3) is 0 Å². The minimum absolute atomic E-state index is 0.319. The highest BCUT2D eigenvalue weighted by Gasteiger charge is 2.18. The van der Waals surface area contributed by atoms with Crippen molar-refractivity contribution < 1.29 is 4.74 Å². The molecule has 3 aromatic rings. The molecule has 0 N–H and O–H groups in total. The Morgan fingerprint density at radius 3 is 2.58 bits per heavy atom. The first-order valence-electron chi connectivity index (χ1n) is 7.83. The van der Waals surface area contributed by atoms with Crippen LogP contribution in [0.3, 0.4) is 0 Å². The lowest BCUT2D eigenvalue weighted by atomic mass is 10.2. The van der Waals surface area contributed by atoms with E-state index in [0.717, 1.165) is 15.7 Å². The minimum atomic E-state index is -0.319. The molecule has 1 unspecified atom stereocenters. The zero-order chi connectivity index (χ0) is 18.7. The second-order valence-electron chi connectivity index (χ2n) is 5.61. The molecule has 8 heteroatoms. The SMILES string of the molecule is CC(Oc1ccc(Cl)cc1Cl)c1nnc(SCc2ccccc2Cl)n1C. The summed E-state index contributed by atoms with van der Waals surface area (Å²) in [6, 6.07) is 12.9. The Kier molecular flexibility index (Phi) is 6.35. The van der Waals surface area contributed by atoms with Crippen molar-refractivity contribution in [2.75, 3.05) is 0 Å². The molecule has 2 aromatic carbocycles. The molecule has 1 aromatic heterocycles. The topological polar surface area (TPSA) is 39.9 Å². The van der Waals surface area contributed by atoms with Crippen LogP contribution in [-0.4, -0.2) is 14.8 Å². The zero-order valence-electron chi connectivity index (χ0n) is 14.1.